The van der Waals surface area contributed by atoms with Crippen LogP contribution in [-0.2, 0) is 11.3 Å². The lowest BCUT2D eigenvalue weighted by Gasteiger charge is -2.12. The number of carbonyl (C=O) groups excluding carboxylic acids is 1. The first kappa shape index (κ1) is 17.9. The highest BCUT2D eigenvalue weighted by molar-refractivity contribution is 7.98. The van der Waals surface area contributed by atoms with Gasteiger partial charge in [-0.3, -0.25) is 14.2 Å². The molecule has 0 fully saturated rings. The minimum Gasteiger partial charge on any atom is -0.492 e. The molecule has 0 radical (unpaired) electrons. The molecule has 26 heavy (non-hydrogen) atoms. The highest BCUT2D eigenvalue weighted by atomic mass is 32.2. The average molecular weight is 371 g/mol. The predicted octanol–water partition coefficient (Wildman–Crippen LogP) is 1.95. The number of ether oxygens (including phenoxy) is 1. The zero-order valence-electron chi connectivity index (χ0n) is 14.3. The molecular weight excluding hydrogens is 354 g/mol. The Kier molecular flexibility index (Phi) is 5.47. The highest BCUT2D eigenvalue weighted by Crippen LogP contribution is 2.23. The molecule has 3 rings (SSSR count). The van der Waals surface area contributed by atoms with E-state index < -0.39 is 0 Å². The molecule has 2 heterocycles. The van der Waals surface area contributed by atoms with Crippen LogP contribution in [0.2, 0.25) is 0 Å². The van der Waals surface area contributed by atoms with Gasteiger partial charge < -0.3 is 10.1 Å². The van der Waals surface area contributed by atoms with Crippen molar-refractivity contribution in [1.82, 2.24) is 19.5 Å². The molecule has 1 N–H and O–H groups in total. The number of nitrogens with zero attached hydrogens (tertiary/aromatic N) is 4. The summed E-state index contributed by atoms with van der Waals surface area (Å²) < 4.78 is 6.70. The van der Waals surface area contributed by atoms with Crippen LogP contribution in [0.25, 0.3) is 11.0 Å². The topological polar surface area (TPSA) is 99.0 Å². The summed E-state index contributed by atoms with van der Waals surface area (Å²) in [4.78, 5) is 37.3. The van der Waals surface area contributed by atoms with Gasteiger partial charge in [0.05, 0.1) is 12.3 Å². The first-order valence-electron chi connectivity index (χ1n) is 7.90. The summed E-state index contributed by atoms with van der Waals surface area (Å²) in [5.41, 5.74) is 0.498. The smallest absolute Gasteiger partial charge is 0.264 e. The Labute approximate surface area is 153 Å². The number of aromatic nitrogens is 4. The van der Waals surface area contributed by atoms with Gasteiger partial charge in [-0.05, 0) is 25.3 Å². The lowest BCUT2D eigenvalue weighted by Crippen LogP contribution is -2.28. The van der Waals surface area contributed by atoms with E-state index in [1.54, 1.807) is 18.2 Å². The molecule has 0 saturated heterocycles. The Morgan fingerprint density at radius 2 is 2.12 bits per heavy atom. The van der Waals surface area contributed by atoms with Gasteiger partial charge in [0.15, 0.2) is 10.8 Å². The second-order valence-corrected chi connectivity index (χ2v) is 6.02. The van der Waals surface area contributed by atoms with Crippen LogP contribution < -0.4 is 15.6 Å². The molecule has 1 amide bonds. The molecule has 2 aromatic heterocycles. The first-order valence-corrected chi connectivity index (χ1v) is 9.12. The molecule has 134 valence electrons. The van der Waals surface area contributed by atoms with Crippen molar-refractivity contribution in [2.45, 2.75) is 18.6 Å². The van der Waals surface area contributed by atoms with Crippen LogP contribution in [-0.4, -0.2) is 38.3 Å². The number of carbonyl (C=O) groups is 1. The summed E-state index contributed by atoms with van der Waals surface area (Å²) in [6.07, 6.45) is 4.59. The van der Waals surface area contributed by atoms with Gasteiger partial charge in [0.25, 0.3) is 5.56 Å². The standard InChI is InChI=1S/C17H17N5O3S/c1-3-25-13-7-5-4-6-12(13)20-14(23)9-22-10-19-15-11(16(22)24)8-18-17(21-15)26-2/h4-8,10H,3,9H2,1-2H3,(H,20,23). The molecule has 0 aliphatic rings. The van der Waals surface area contributed by atoms with Crippen LogP contribution in [0.5, 0.6) is 5.75 Å². The van der Waals surface area contributed by atoms with Crippen molar-refractivity contribution >= 4 is 34.4 Å². The maximum absolute atomic E-state index is 12.5. The molecule has 0 atom stereocenters. The van der Waals surface area contributed by atoms with Crippen molar-refractivity contribution in [2.75, 3.05) is 18.2 Å². The lowest BCUT2D eigenvalue weighted by atomic mass is 10.3. The number of para-hydroxylation sites is 2. The molecule has 0 spiro atoms. The molecule has 0 bridgehead atoms. The van der Waals surface area contributed by atoms with Crippen LogP contribution in [0.3, 0.4) is 0 Å². The van der Waals surface area contributed by atoms with Crippen LogP contribution in [0.1, 0.15) is 6.92 Å². The van der Waals surface area contributed by atoms with Crippen molar-refractivity contribution < 1.29 is 9.53 Å². The number of nitrogens with one attached hydrogen (secondary N) is 1. The van der Waals surface area contributed by atoms with Crippen molar-refractivity contribution in [3.8, 4) is 5.75 Å². The average Bonchev–Trinajstić information content (AvgIpc) is 2.65. The Hall–Kier alpha value is -2.94. The molecular formula is C17H17N5O3S. The summed E-state index contributed by atoms with van der Waals surface area (Å²) in [6, 6.07) is 7.12. The van der Waals surface area contributed by atoms with Crippen molar-refractivity contribution in [2.24, 2.45) is 0 Å². The van der Waals surface area contributed by atoms with Gasteiger partial charge in [-0.15, -0.1) is 0 Å². The molecule has 9 heteroatoms. The number of rotatable bonds is 6. The first-order chi connectivity index (χ1) is 12.6. The summed E-state index contributed by atoms with van der Waals surface area (Å²) in [5, 5.41) is 3.56. The largest absolute Gasteiger partial charge is 0.492 e. The van der Waals surface area contributed by atoms with E-state index in [1.165, 1.54) is 28.9 Å². The summed E-state index contributed by atoms with van der Waals surface area (Å²) >= 11 is 1.36. The highest BCUT2D eigenvalue weighted by Gasteiger charge is 2.12. The number of hydrogen-bond acceptors (Lipinski definition) is 7. The van der Waals surface area contributed by atoms with E-state index in [-0.39, 0.29) is 23.4 Å². The third-order valence-corrected chi connectivity index (χ3v) is 4.08. The van der Waals surface area contributed by atoms with Gasteiger partial charge in [-0.1, -0.05) is 23.9 Å². The van der Waals surface area contributed by atoms with Gasteiger partial charge in [-0.2, -0.15) is 0 Å². The quantitative estimate of drug-likeness (QED) is 0.522. The normalized spacial score (nSPS) is 10.7. The van der Waals surface area contributed by atoms with Crippen LogP contribution in [0.15, 0.2) is 46.7 Å². The number of fused-ring (bicyclic) bond motifs is 1. The Morgan fingerprint density at radius 3 is 2.88 bits per heavy atom. The Bertz CT molecular complexity index is 1010. The number of hydrogen-bond donors (Lipinski definition) is 1. The lowest BCUT2D eigenvalue weighted by molar-refractivity contribution is -0.116. The fourth-order valence-corrected chi connectivity index (χ4v) is 2.68. The minimum absolute atomic E-state index is 0.174. The minimum atomic E-state index is -0.365. The van der Waals surface area contributed by atoms with Gasteiger partial charge in [-0.25, -0.2) is 15.0 Å². The van der Waals surface area contributed by atoms with E-state index in [1.807, 2.05) is 19.2 Å². The van der Waals surface area contributed by atoms with E-state index >= 15 is 0 Å². The SMILES string of the molecule is CCOc1ccccc1NC(=O)Cn1cnc2nc(SC)ncc2c1=O. The number of anilines is 1. The predicted molar refractivity (Wildman–Crippen MR) is 99.6 cm³/mol. The fourth-order valence-electron chi connectivity index (χ4n) is 2.34. The molecule has 8 nitrogen and oxygen atoms in total. The van der Waals surface area contributed by atoms with Crippen LogP contribution >= 0.6 is 11.8 Å². The second kappa shape index (κ2) is 7.96. The molecule has 0 aliphatic heterocycles. The van der Waals surface area contributed by atoms with Crippen molar-refractivity contribution in [3.63, 3.8) is 0 Å². The zero-order valence-corrected chi connectivity index (χ0v) is 15.1. The van der Waals surface area contributed by atoms with Crippen molar-refractivity contribution in [3.05, 3.63) is 47.1 Å². The number of amides is 1. The molecule has 0 aliphatic carbocycles. The third kappa shape index (κ3) is 3.83. The van der Waals surface area contributed by atoms with E-state index in [0.29, 0.717) is 28.8 Å². The summed E-state index contributed by atoms with van der Waals surface area (Å²) in [6.45, 7) is 2.18. The van der Waals surface area contributed by atoms with E-state index in [0.717, 1.165) is 0 Å². The number of thioether (sulfide) groups is 1. The zero-order chi connectivity index (χ0) is 18.5. The van der Waals surface area contributed by atoms with Crippen LogP contribution in [0, 0.1) is 0 Å². The summed E-state index contributed by atoms with van der Waals surface area (Å²) in [7, 11) is 0. The van der Waals surface area contributed by atoms with E-state index in [2.05, 4.69) is 20.3 Å². The third-order valence-electron chi connectivity index (χ3n) is 3.51. The van der Waals surface area contributed by atoms with Gasteiger partial charge in [0, 0.05) is 6.20 Å². The van der Waals surface area contributed by atoms with Gasteiger partial charge in [0.2, 0.25) is 5.91 Å². The molecule has 0 unspecified atom stereocenters. The maximum atomic E-state index is 12.5. The maximum Gasteiger partial charge on any atom is 0.264 e. The second-order valence-electron chi connectivity index (χ2n) is 5.25. The number of benzene rings is 1. The monoisotopic (exact) mass is 371 g/mol. The van der Waals surface area contributed by atoms with Crippen LogP contribution in [0.4, 0.5) is 5.69 Å². The Morgan fingerprint density at radius 1 is 1.31 bits per heavy atom. The summed E-state index contributed by atoms with van der Waals surface area (Å²) in [5.74, 6) is 0.215. The molecule has 0 saturated carbocycles. The fraction of sp³-hybridized carbons (Fsp3) is 0.235. The van der Waals surface area contributed by atoms with Gasteiger partial charge >= 0.3 is 0 Å². The van der Waals surface area contributed by atoms with Crippen molar-refractivity contribution in [1.29, 1.82) is 0 Å². The van der Waals surface area contributed by atoms with E-state index in [9.17, 15) is 9.59 Å². The van der Waals surface area contributed by atoms with E-state index in [4.69, 9.17) is 4.74 Å². The molecule has 1 aromatic carbocycles. The Balaban J connectivity index is 1.82. The van der Waals surface area contributed by atoms with Gasteiger partial charge in [0.1, 0.15) is 24.0 Å². The molecule has 3 aromatic rings.